The summed E-state index contributed by atoms with van der Waals surface area (Å²) in [6, 6.07) is 8.22. The highest BCUT2D eigenvalue weighted by Crippen LogP contribution is 2.18. The maximum absolute atomic E-state index is 13.0. The van der Waals surface area contributed by atoms with E-state index in [0.29, 0.717) is 11.6 Å². The Morgan fingerprint density at radius 1 is 1.40 bits per heavy atom. The Hall–Kier alpha value is -1.37. The Bertz CT molecular complexity index is 700. The minimum Gasteiger partial charge on any atom is -0.335 e. The number of carbonyl (C=O) groups excluding carboxylic acids is 1. The second kappa shape index (κ2) is 9.36. The van der Waals surface area contributed by atoms with Crippen molar-refractivity contribution in [2.24, 2.45) is 0 Å². The molecule has 1 aliphatic rings. The number of halogens is 2. The van der Waals surface area contributed by atoms with Crippen LogP contribution >= 0.6 is 28.3 Å². The number of piperidine rings is 1. The van der Waals surface area contributed by atoms with Crippen molar-refractivity contribution >= 4 is 34.2 Å². The zero-order valence-electron chi connectivity index (χ0n) is 14.3. The average Bonchev–Trinajstić information content (AvgIpc) is 3.10. The van der Waals surface area contributed by atoms with Gasteiger partial charge in [0.15, 0.2) is 0 Å². The SMILES string of the molecule is CCCN(C(=O)c1cnn(-c2cccc(Br)c2)c1)C1CCNCC1.Cl. The molecular weight excluding hydrogens is 404 g/mol. The largest absolute Gasteiger partial charge is 0.335 e. The lowest BCUT2D eigenvalue weighted by atomic mass is 10.0. The molecule has 3 rings (SSSR count). The van der Waals surface area contributed by atoms with Crippen molar-refractivity contribution < 1.29 is 4.79 Å². The fourth-order valence-electron chi connectivity index (χ4n) is 3.17. The van der Waals surface area contributed by atoms with E-state index in [9.17, 15) is 4.79 Å². The monoisotopic (exact) mass is 426 g/mol. The van der Waals surface area contributed by atoms with Gasteiger partial charge in [-0.05, 0) is 50.6 Å². The molecule has 0 radical (unpaired) electrons. The van der Waals surface area contributed by atoms with Crippen molar-refractivity contribution in [3.63, 3.8) is 0 Å². The molecule has 7 heteroatoms. The fourth-order valence-corrected chi connectivity index (χ4v) is 3.56. The lowest BCUT2D eigenvalue weighted by Crippen LogP contribution is -2.46. The third-order valence-electron chi connectivity index (χ3n) is 4.38. The molecule has 2 heterocycles. The van der Waals surface area contributed by atoms with Crippen LogP contribution in [0.2, 0.25) is 0 Å². The van der Waals surface area contributed by atoms with E-state index < -0.39 is 0 Å². The van der Waals surface area contributed by atoms with Crippen LogP contribution in [0, 0.1) is 0 Å². The van der Waals surface area contributed by atoms with Crippen LogP contribution in [0.25, 0.3) is 5.69 Å². The number of aromatic nitrogens is 2. The van der Waals surface area contributed by atoms with Gasteiger partial charge in [-0.15, -0.1) is 12.4 Å². The molecule has 1 N–H and O–H groups in total. The quantitative estimate of drug-likeness (QED) is 0.792. The summed E-state index contributed by atoms with van der Waals surface area (Å²) < 4.78 is 2.75. The predicted molar refractivity (Wildman–Crippen MR) is 106 cm³/mol. The van der Waals surface area contributed by atoms with Gasteiger partial charge < -0.3 is 10.2 Å². The van der Waals surface area contributed by atoms with Crippen LogP contribution in [0.1, 0.15) is 36.5 Å². The molecule has 25 heavy (non-hydrogen) atoms. The molecule has 0 bridgehead atoms. The molecule has 2 aromatic rings. The number of benzene rings is 1. The Morgan fingerprint density at radius 3 is 2.84 bits per heavy atom. The summed E-state index contributed by atoms with van der Waals surface area (Å²) in [7, 11) is 0. The van der Waals surface area contributed by atoms with Gasteiger partial charge in [0.1, 0.15) is 0 Å². The van der Waals surface area contributed by atoms with Gasteiger partial charge in [-0.1, -0.05) is 28.9 Å². The van der Waals surface area contributed by atoms with E-state index in [0.717, 1.165) is 49.1 Å². The average molecular weight is 428 g/mol. The Balaban J connectivity index is 0.00000225. The molecule has 1 saturated heterocycles. The van der Waals surface area contributed by atoms with Gasteiger partial charge in [0.05, 0.1) is 17.4 Å². The Kier molecular flexibility index (Phi) is 7.47. The summed E-state index contributed by atoms with van der Waals surface area (Å²) in [5.41, 5.74) is 1.59. The first-order chi connectivity index (χ1) is 11.7. The first kappa shape index (κ1) is 19.9. The van der Waals surface area contributed by atoms with Crippen LogP contribution in [-0.4, -0.2) is 46.3 Å². The van der Waals surface area contributed by atoms with Crippen LogP contribution in [0.5, 0.6) is 0 Å². The van der Waals surface area contributed by atoms with Crippen LogP contribution in [0.15, 0.2) is 41.1 Å². The van der Waals surface area contributed by atoms with Crippen molar-refractivity contribution in [2.45, 2.75) is 32.2 Å². The highest BCUT2D eigenvalue weighted by molar-refractivity contribution is 9.10. The van der Waals surface area contributed by atoms with Crippen molar-refractivity contribution in [1.82, 2.24) is 20.0 Å². The second-order valence-corrected chi connectivity index (χ2v) is 7.05. The lowest BCUT2D eigenvalue weighted by molar-refractivity contribution is 0.0642. The number of rotatable bonds is 5. The normalized spacial score (nSPS) is 14.8. The van der Waals surface area contributed by atoms with Crippen molar-refractivity contribution in [2.75, 3.05) is 19.6 Å². The van der Waals surface area contributed by atoms with Crippen LogP contribution < -0.4 is 5.32 Å². The molecule has 136 valence electrons. The first-order valence-corrected chi connectivity index (χ1v) is 9.30. The van der Waals surface area contributed by atoms with E-state index in [4.69, 9.17) is 0 Å². The molecular formula is C18H24BrClN4O. The molecule has 0 spiro atoms. The maximum Gasteiger partial charge on any atom is 0.257 e. The second-order valence-electron chi connectivity index (χ2n) is 6.13. The van der Waals surface area contributed by atoms with Gasteiger partial charge in [0, 0.05) is 23.3 Å². The van der Waals surface area contributed by atoms with E-state index in [-0.39, 0.29) is 18.3 Å². The van der Waals surface area contributed by atoms with E-state index in [1.807, 2.05) is 35.4 Å². The molecule has 0 aliphatic carbocycles. The smallest absolute Gasteiger partial charge is 0.257 e. The highest BCUT2D eigenvalue weighted by atomic mass is 79.9. The molecule has 5 nitrogen and oxygen atoms in total. The Labute approximate surface area is 163 Å². The van der Waals surface area contributed by atoms with E-state index in [2.05, 4.69) is 33.3 Å². The molecule has 1 aromatic carbocycles. The third-order valence-corrected chi connectivity index (χ3v) is 4.87. The summed E-state index contributed by atoms with van der Waals surface area (Å²) in [6.07, 6.45) is 6.51. The zero-order chi connectivity index (χ0) is 16.9. The van der Waals surface area contributed by atoms with Crippen LogP contribution in [0.4, 0.5) is 0 Å². The van der Waals surface area contributed by atoms with Crippen LogP contribution in [-0.2, 0) is 0 Å². The summed E-state index contributed by atoms with van der Waals surface area (Å²) in [5, 5.41) is 7.73. The molecule has 0 atom stereocenters. The van der Waals surface area contributed by atoms with Gasteiger partial charge in [-0.25, -0.2) is 4.68 Å². The highest BCUT2D eigenvalue weighted by Gasteiger charge is 2.26. The zero-order valence-corrected chi connectivity index (χ0v) is 16.7. The maximum atomic E-state index is 13.0. The minimum atomic E-state index is 0. The summed E-state index contributed by atoms with van der Waals surface area (Å²) in [5.74, 6) is 0.0880. The van der Waals surface area contributed by atoms with E-state index >= 15 is 0 Å². The number of hydrogen-bond donors (Lipinski definition) is 1. The standard InChI is InChI=1S/C18H23BrN4O.ClH/c1-2-10-22(16-6-8-20-9-7-16)18(24)14-12-21-23(13-14)17-5-3-4-15(19)11-17;/h3-5,11-13,16,20H,2,6-10H2,1H3;1H. The number of carbonyl (C=O) groups is 1. The molecule has 1 aliphatic heterocycles. The fraction of sp³-hybridized carbons (Fsp3) is 0.444. The van der Waals surface area contributed by atoms with Crippen molar-refractivity contribution in [1.29, 1.82) is 0 Å². The number of hydrogen-bond acceptors (Lipinski definition) is 3. The number of amides is 1. The van der Waals surface area contributed by atoms with Gasteiger partial charge >= 0.3 is 0 Å². The topological polar surface area (TPSA) is 50.2 Å². The lowest BCUT2D eigenvalue weighted by Gasteiger charge is -2.34. The predicted octanol–water partition coefficient (Wildman–Crippen LogP) is 3.66. The molecule has 0 saturated carbocycles. The first-order valence-electron chi connectivity index (χ1n) is 8.51. The van der Waals surface area contributed by atoms with Gasteiger partial charge in [-0.3, -0.25) is 4.79 Å². The molecule has 1 amide bonds. The molecule has 0 unspecified atom stereocenters. The van der Waals surface area contributed by atoms with Gasteiger partial charge in [-0.2, -0.15) is 5.10 Å². The third kappa shape index (κ3) is 4.84. The van der Waals surface area contributed by atoms with Crippen LogP contribution in [0.3, 0.4) is 0 Å². The Morgan fingerprint density at radius 2 is 2.16 bits per heavy atom. The van der Waals surface area contributed by atoms with Crippen molar-refractivity contribution in [3.8, 4) is 5.69 Å². The summed E-state index contributed by atoms with van der Waals surface area (Å²) >= 11 is 3.47. The summed E-state index contributed by atoms with van der Waals surface area (Å²) in [6.45, 7) is 4.88. The van der Waals surface area contributed by atoms with E-state index in [1.54, 1.807) is 10.9 Å². The van der Waals surface area contributed by atoms with Gasteiger partial charge in [0.25, 0.3) is 5.91 Å². The van der Waals surface area contributed by atoms with E-state index in [1.165, 1.54) is 0 Å². The van der Waals surface area contributed by atoms with Crippen molar-refractivity contribution in [3.05, 3.63) is 46.7 Å². The molecule has 1 aromatic heterocycles. The van der Waals surface area contributed by atoms with Gasteiger partial charge in [0.2, 0.25) is 0 Å². The number of nitrogens with one attached hydrogen (secondary N) is 1. The molecule has 1 fully saturated rings. The summed E-state index contributed by atoms with van der Waals surface area (Å²) in [4.78, 5) is 15.0. The number of nitrogens with zero attached hydrogens (tertiary/aromatic N) is 3. The minimum absolute atomic E-state index is 0.